The minimum Gasteiger partial charge on any atom is -0.383 e. The van der Waals surface area contributed by atoms with Crippen LogP contribution in [0.4, 0.5) is 11.8 Å². The molecule has 19 heavy (non-hydrogen) atoms. The molecule has 1 aromatic heterocycles. The Morgan fingerprint density at radius 2 is 2.11 bits per heavy atom. The molecule has 0 saturated heterocycles. The average Bonchev–Trinajstić information content (AvgIpc) is 2.45. The molecule has 0 aliphatic heterocycles. The third-order valence-electron chi connectivity index (χ3n) is 2.61. The van der Waals surface area contributed by atoms with Crippen LogP contribution >= 0.6 is 0 Å². The highest BCUT2D eigenvalue weighted by Crippen LogP contribution is 2.21. The van der Waals surface area contributed by atoms with E-state index in [1.54, 1.807) is 13.2 Å². The molecular formula is C14H18N4O. The van der Waals surface area contributed by atoms with E-state index in [1.807, 2.05) is 24.3 Å². The summed E-state index contributed by atoms with van der Waals surface area (Å²) in [5, 5.41) is 7.37. The first kappa shape index (κ1) is 13.3. The van der Waals surface area contributed by atoms with Gasteiger partial charge in [-0.25, -0.2) is 4.98 Å². The number of anilines is 2. The van der Waals surface area contributed by atoms with Crippen LogP contribution < -0.4 is 10.6 Å². The van der Waals surface area contributed by atoms with Gasteiger partial charge in [-0.05, 0) is 12.1 Å². The molecule has 0 amide bonds. The van der Waals surface area contributed by atoms with Crippen LogP contribution in [0.1, 0.15) is 0 Å². The molecule has 0 fully saturated rings. The fourth-order valence-corrected chi connectivity index (χ4v) is 1.72. The van der Waals surface area contributed by atoms with Crippen molar-refractivity contribution in [3.8, 4) is 0 Å². The quantitative estimate of drug-likeness (QED) is 0.589. The number of hydrogen-bond donors (Lipinski definition) is 2. The Hall–Kier alpha value is -2.14. The van der Waals surface area contributed by atoms with Crippen LogP contribution in [0.3, 0.4) is 0 Å². The number of nitrogens with one attached hydrogen (secondary N) is 2. The van der Waals surface area contributed by atoms with Crippen LogP contribution in [0.2, 0.25) is 0 Å². The summed E-state index contributed by atoms with van der Waals surface area (Å²) in [7, 11) is 1.67. The van der Waals surface area contributed by atoms with E-state index >= 15 is 0 Å². The van der Waals surface area contributed by atoms with Crippen molar-refractivity contribution in [2.45, 2.75) is 0 Å². The molecule has 0 saturated carbocycles. The average molecular weight is 258 g/mol. The van der Waals surface area contributed by atoms with Crippen molar-refractivity contribution in [1.29, 1.82) is 0 Å². The van der Waals surface area contributed by atoms with Crippen molar-refractivity contribution < 1.29 is 4.74 Å². The lowest BCUT2D eigenvalue weighted by atomic mass is 10.2. The van der Waals surface area contributed by atoms with Gasteiger partial charge in [0.15, 0.2) is 0 Å². The highest BCUT2D eigenvalue weighted by Gasteiger charge is 2.06. The zero-order valence-corrected chi connectivity index (χ0v) is 11.0. The maximum Gasteiger partial charge on any atom is 0.225 e. The Morgan fingerprint density at radius 1 is 1.26 bits per heavy atom. The molecule has 0 radical (unpaired) electrons. The monoisotopic (exact) mass is 258 g/mol. The summed E-state index contributed by atoms with van der Waals surface area (Å²) in [6.07, 6.45) is 1.80. The molecule has 100 valence electrons. The Labute approximate surface area is 112 Å². The zero-order chi connectivity index (χ0) is 13.5. The standard InChI is InChI=1S/C14H18N4O/c1-3-8-15-13-11-6-4-5-7-12(11)17-14(18-13)16-9-10-19-2/h3-7H,1,8-10H2,2H3,(H2,15,16,17,18). The SMILES string of the molecule is C=CCNc1nc(NCCOC)nc2ccccc12. The first-order valence-electron chi connectivity index (χ1n) is 6.19. The topological polar surface area (TPSA) is 59.1 Å². The van der Waals surface area contributed by atoms with Gasteiger partial charge in [-0.2, -0.15) is 4.98 Å². The predicted octanol–water partition coefficient (Wildman–Crippen LogP) is 2.29. The van der Waals surface area contributed by atoms with Gasteiger partial charge in [0.05, 0.1) is 12.1 Å². The fourth-order valence-electron chi connectivity index (χ4n) is 1.72. The van der Waals surface area contributed by atoms with E-state index in [-0.39, 0.29) is 0 Å². The number of methoxy groups -OCH3 is 1. The second kappa shape index (κ2) is 6.70. The van der Waals surface area contributed by atoms with E-state index in [9.17, 15) is 0 Å². The number of fused-ring (bicyclic) bond motifs is 1. The first-order valence-corrected chi connectivity index (χ1v) is 6.19. The normalized spacial score (nSPS) is 10.4. The molecule has 2 rings (SSSR count). The maximum atomic E-state index is 5.00. The molecule has 5 heteroatoms. The predicted molar refractivity (Wildman–Crippen MR) is 78.6 cm³/mol. The number of nitrogens with zero attached hydrogens (tertiary/aromatic N) is 2. The van der Waals surface area contributed by atoms with Crippen LogP contribution in [-0.4, -0.2) is 36.8 Å². The van der Waals surface area contributed by atoms with E-state index in [4.69, 9.17) is 4.74 Å². The largest absolute Gasteiger partial charge is 0.383 e. The summed E-state index contributed by atoms with van der Waals surface area (Å²) >= 11 is 0. The molecule has 0 aliphatic carbocycles. The van der Waals surface area contributed by atoms with Crippen LogP contribution in [0.25, 0.3) is 10.9 Å². The molecular weight excluding hydrogens is 240 g/mol. The molecule has 0 atom stereocenters. The number of ether oxygens (including phenoxy) is 1. The van der Waals surface area contributed by atoms with Gasteiger partial charge in [0.25, 0.3) is 0 Å². The number of rotatable bonds is 7. The summed E-state index contributed by atoms with van der Waals surface area (Å²) in [6, 6.07) is 7.91. The van der Waals surface area contributed by atoms with Gasteiger partial charge >= 0.3 is 0 Å². The first-order chi connectivity index (χ1) is 9.35. The lowest BCUT2D eigenvalue weighted by Crippen LogP contribution is -2.12. The van der Waals surface area contributed by atoms with Gasteiger partial charge in [0.2, 0.25) is 5.95 Å². The summed E-state index contributed by atoms with van der Waals surface area (Å²) in [4.78, 5) is 8.95. The second-order valence-corrected chi connectivity index (χ2v) is 4.00. The third kappa shape index (κ3) is 3.42. The lowest BCUT2D eigenvalue weighted by Gasteiger charge is -2.10. The number of benzene rings is 1. The smallest absolute Gasteiger partial charge is 0.225 e. The van der Waals surface area contributed by atoms with Gasteiger partial charge in [-0.3, -0.25) is 0 Å². The molecule has 1 aromatic carbocycles. The Kier molecular flexibility index (Phi) is 4.69. The fraction of sp³-hybridized carbons (Fsp3) is 0.286. The van der Waals surface area contributed by atoms with Crippen molar-refractivity contribution in [2.24, 2.45) is 0 Å². The summed E-state index contributed by atoms with van der Waals surface area (Å²) in [6.45, 7) is 5.66. The van der Waals surface area contributed by atoms with Gasteiger partial charge < -0.3 is 15.4 Å². The van der Waals surface area contributed by atoms with E-state index in [1.165, 1.54) is 0 Å². The van der Waals surface area contributed by atoms with Crippen LogP contribution in [0.5, 0.6) is 0 Å². The van der Waals surface area contributed by atoms with Gasteiger partial charge in [-0.1, -0.05) is 18.2 Å². The van der Waals surface area contributed by atoms with Gasteiger partial charge in [0, 0.05) is 25.6 Å². The molecule has 2 N–H and O–H groups in total. The van der Waals surface area contributed by atoms with Crippen molar-refractivity contribution in [3.05, 3.63) is 36.9 Å². The number of para-hydroxylation sites is 1. The summed E-state index contributed by atoms with van der Waals surface area (Å²) in [5.41, 5.74) is 0.906. The minimum absolute atomic E-state index is 0.599. The van der Waals surface area contributed by atoms with E-state index < -0.39 is 0 Å². The highest BCUT2D eigenvalue weighted by atomic mass is 16.5. The molecule has 0 bridgehead atoms. The van der Waals surface area contributed by atoms with Gasteiger partial charge in [0.1, 0.15) is 5.82 Å². The molecule has 2 aromatic rings. The van der Waals surface area contributed by atoms with Crippen molar-refractivity contribution in [2.75, 3.05) is 37.4 Å². The van der Waals surface area contributed by atoms with E-state index in [0.29, 0.717) is 25.6 Å². The van der Waals surface area contributed by atoms with Crippen molar-refractivity contribution in [3.63, 3.8) is 0 Å². The lowest BCUT2D eigenvalue weighted by molar-refractivity contribution is 0.210. The Morgan fingerprint density at radius 3 is 2.89 bits per heavy atom. The molecule has 1 heterocycles. The Bertz CT molecular complexity index is 556. The maximum absolute atomic E-state index is 5.00. The molecule has 5 nitrogen and oxygen atoms in total. The Balaban J connectivity index is 2.29. The van der Waals surface area contributed by atoms with Crippen LogP contribution in [0, 0.1) is 0 Å². The summed E-state index contributed by atoms with van der Waals surface area (Å²) in [5.74, 6) is 1.41. The number of aromatic nitrogens is 2. The van der Waals surface area contributed by atoms with Crippen molar-refractivity contribution in [1.82, 2.24) is 9.97 Å². The molecule has 0 spiro atoms. The van der Waals surface area contributed by atoms with E-state index in [2.05, 4.69) is 27.2 Å². The van der Waals surface area contributed by atoms with E-state index in [0.717, 1.165) is 16.7 Å². The second-order valence-electron chi connectivity index (χ2n) is 4.00. The van der Waals surface area contributed by atoms with Crippen LogP contribution in [0.15, 0.2) is 36.9 Å². The minimum atomic E-state index is 0.599. The molecule has 0 unspecified atom stereocenters. The highest BCUT2D eigenvalue weighted by molar-refractivity contribution is 5.90. The summed E-state index contributed by atoms with van der Waals surface area (Å²) < 4.78 is 5.00. The third-order valence-corrected chi connectivity index (χ3v) is 2.61. The number of hydrogen-bond acceptors (Lipinski definition) is 5. The zero-order valence-electron chi connectivity index (χ0n) is 11.0. The van der Waals surface area contributed by atoms with Crippen LogP contribution in [-0.2, 0) is 4.74 Å². The van der Waals surface area contributed by atoms with Gasteiger partial charge in [-0.15, -0.1) is 6.58 Å². The molecule has 0 aliphatic rings. The van der Waals surface area contributed by atoms with Crippen molar-refractivity contribution >= 4 is 22.7 Å².